The van der Waals surface area contributed by atoms with Gasteiger partial charge in [-0.25, -0.2) is 14.0 Å². The first kappa shape index (κ1) is 66.3. The fourth-order valence-corrected chi connectivity index (χ4v) is 10.2. The van der Waals surface area contributed by atoms with Crippen LogP contribution >= 0.6 is 0 Å². The Morgan fingerprint density at radius 1 is 0.729 bits per heavy atom. The molecule has 2 saturated heterocycles. The molecule has 0 aliphatic carbocycles. The van der Waals surface area contributed by atoms with Gasteiger partial charge in [0.15, 0.2) is 18.1 Å². The first-order valence-corrected chi connectivity index (χ1v) is 28.9. The Hall–Kier alpha value is -7.88. The van der Waals surface area contributed by atoms with Crippen molar-refractivity contribution in [3.63, 3.8) is 0 Å². The Morgan fingerprint density at radius 3 is 2.12 bits per heavy atom. The fourth-order valence-electron chi connectivity index (χ4n) is 10.2. The third-order valence-corrected chi connectivity index (χ3v) is 15.6. The molecule has 6 rings (SSSR count). The van der Waals surface area contributed by atoms with Gasteiger partial charge in [-0.3, -0.25) is 33.6 Å². The van der Waals surface area contributed by atoms with Crippen molar-refractivity contribution in [3.8, 4) is 17.2 Å². The minimum atomic E-state index is -1.52. The number of cyclic esters (lactones) is 2. The zero-order valence-corrected chi connectivity index (χ0v) is 50.8. The van der Waals surface area contributed by atoms with E-state index in [4.69, 9.17) is 28.4 Å². The van der Waals surface area contributed by atoms with Gasteiger partial charge in [-0.15, -0.1) is 0 Å². The molecule has 2 fully saturated rings. The van der Waals surface area contributed by atoms with E-state index in [1.807, 2.05) is 0 Å². The molecule has 3 aromatic carbocycles. The summed E-state index contributed by atoms with van der Waals surface area (Å²) in [5.41, 5.74) is -1.01. The van der Waals surface area contributed by atoms with Crippen LogP contribution in [0.5, 0.6) is 17.2 Å². The van der Waals surface area contributed by atoms with E-state index in [1.165, 1.54) is 80.8 Å². The van der Waals surface area contributed by atoms with Crippen molar-refractivity contribution in [3.05, 3.63) is 101 Å². The first-order valence-electron chi connectivity index (χ1n) is 28.9. The van der Waals surface area contributed by atoms with Gasteiger partial charge in [0.25, 0.3) is 11.8 Å². The molecule has 3 heterocycles. The van der Waals surface area contributed by atoms with Crippen LogP contribution in [0.1, 0.15) is 122 Å². The number of fused-ring (bicyclic) bond motifs is 4. The van der Waals surface area contributed by atoms with E-state index in [1.54, 1.807) is 82.4 Å². The molecule has 21 nitrogen and oxygen atoms in total. The van der Waals surface area contributed by atoms with Crippen molar-refractivity contribution in [1.29, 1.82) is 0 Å². The van der Waals surface area contributed by atoms with Crippen molar-refractivity contribution in [1.82, 2.24) is 29.8 Å². The summed E-state index contributed by atoms with van der Waals surface area (Å²) in [6.07, 6.45) is 4.74. The van der Waals surface area contributed by atoms with Gasteiger partial charge in [0.05, 0.1) is 31.8 Å². The normalized spacial score (nSPS) is 23.7. The maximum Gasteiger partial charge on any atom is 0.330 e. The monoisotopic (exact) mass is 1180 g/mol. The molecular formula is C63H83FN6O15. The lowest BCUT2D eigenvalue weighted by Gasteiger charge is -2.37. The molecule has 2 bridgehead atoms. The predicted octanol–water partition coefficient (Wildman–Crippen LogP) is 6.10. The largest absolute Gasteiger partial charge is 0.493 e. The molecule has 6 atom stereocenters. The van der Waals surface area contributed by atoms with E-state index in [-0.39, 0.29) is 62.7 Å². The quantitative estimate of drug-likeness (QED) is 0.198. The van der Waals surface area contributed by atoms with E-state index < -0.39 is 114 Å². The van der Waals surface area contributed by atoms with Crippen molar-refractivity contribution < 1.29 is 76.0 Å². The zero-order valence-electron chi connectivity index (χ0n) is 50.8. The van der Waals surface area contributed by atoms with E-state index >= 15 is 4.39 Å². The Balaban J connectivity index is 1.33. The number of hydrogen-bond acceptors (Lipinski definition) is 15. The lowest BCUT2D eigenvalue weighted by atomic mass is 9.87. The molecule has 0 aromatic heterocycles. The van der Waals surface area contributed by atoms with Gasteiger partial charge >= 0.3 is 11.9 Å². The van der Waals surface area contributed by atoms with Crippen LogP contribution in [0.15, 0.2) is 78.9 Å². The molecule has 0 radical (unpaired) electrons. The number of nitrogens with one attached hydrogen (secondary N) is 1. The molecule has 6 amide bonds. The van der Waals surface area contributed by atoms with Crippen LogP contribution in [-0.4, -0.2) is 182 Å². The van der Waals surface area contributed by atoms with Crippen molar-refractivity contribution >= 4 is 53.2 Å². The average Bonchev–Trinajstić information content (AvgIpc) is 4.18. The van der Waals surface area contributed by atoms with Crippen LogP contribution in [-0.2, 0) is 63.8 Å². The molecule has 0 unspecified atom stereocenters. The summed E-state index contributed by atoms with van der Waals surface area (Å²) in [5, 5.41) is 2.80. The van der Waals surface area contributed by atoms with E-state index in [2.05, 4.69) is 5.32 Å². The fraction of sp³-hybridized carbons (Fsp3) is 0.540. The minimum Gasteiger partial charge on any atom is -0.493 e. The lowest BCUT2D eigenvalue weighted by Crippen LogP contribution is -2.58. The topological polar surface area (TPSA) is 237 Å². The molecule has 1 N–H and O–H groups in total. The summed E-state index contributed by atoms with van der Waals surface area (Å²) in [5.74, 6) is -6.47. The molecule has 0 saturated carbocycles. The van der Waals surface area contributed by atoms with Crippen molar-refractivity contribution in [2.45, 2.75) is 141 Å². The highest BCUT2D eigenvalue weighted by Gasteiger charge is 2.45. The minimum absolute atomic E-state index is 0.0500. The Kier molecular flexibility index (Phi) is 23.2. The summed E-state index contributed by atoms with van der Waals surface area (Å²) < 4.78 is 50.5. The highest BCUT2D eigenvalue weighted by atomic mass is 19.1. The number of carbonyl (C=O) groups is 9. The number of hydrogen-bond donors (Lipinski definition) is 1. The summed E-state index contributed by atoms with van der Waals surface area (Å²) in [7, 11) is 7.40. The maximum atomic E-state index is 15.8. The molecule has 22 heteroatoms. The third kappa shape index (κ3) is 17.6. The summed E-state index contributed by atoms with van der Waals surface area (Å²) in [4.78, 5) is 134. The number of nitrogens with zero attached hydrogens (tertiary/aromatic N) is 5. The van der Waals surface area contributed by atoms with Gasteiger partial charge in [0.2, 0.25) is 29.4 Å². The number of ether oxygens (including phenoxy) is 6. The van der Waals surface area contributed by atoms with Gasteiger partial charge in [-0.05, 0) is 140 Å². The molecule has 3 aliphatic heterocycles. The van der Waals surface area contributed by atoms with E-state index in [0.29, 0.717) is 55.6 Å². The zero-order chi connectivity index (χ0) is 62.3. The number of piperidine rings is 1. The number of benzene rings is 3. The maximum absolute atomic E-state index is 15.8. The first-order chi connectivity index (χ1) is 40.2. The third-order valence-electron chi connectivity index (χ3n) is 15.6. The van der Waals surface area contributed by atoms with Crippen molar-refractivity contribution in [2.75, 3.05) is 74.8 Å². The number of ketones is 1. The summed E-state index contributed by atoms with van der Waals surface area (Å²) >= 11 is 0. The second-order valence-electron chi connectivity index (χ2n) is 23.4. The smallest absolute Gasteiger partial charge is 0.330 e. The SMILES string of the molecule is COc1ccc(CC[C@H]2OC(=O)[C@@H]3CCCCN3C(=O)C(=O)C(C)(C)COC(=O)C=CCCCN(C)C(=O)[C@@H]3CCCN3C(=O)[C@H](COC(C)(C)C)N(C)C(=O)[C@H](c3ccccc3)NC(=O)[C@H](C)N(C)C(=O)COc3cc(F)cc2c3)cc1OC. The highest BCUT2D eigenvalue weighted by Crippen LogP contribution is 2.34. The highest BCUT2D eigenvalue weighted by molar-refractivity contribution is 6.38. The van der Waals surface area contributed by atoms with Crippen LogP contribution in [0.3, 0.4) is 0 Å². The van der Waals surface area contributed by atoms with Gasteiger partial charge in [0.1, 0.15) is 54.5 Å². The molecular weight excluding hydrogens is 1100 g/mol. The van der Waals surface area contributed by atoms with E-state index in [0.717, 1.165) is 22.6 Å². The van der Waals surface area contributed by atoms with Gasteiger partial charge in [-0.1, -0.05) is 42.5 Å². The number of carbonyl (C=O) groups excluding carboxylic acids is 9. The number of Topliss-reactive ketones (excluding diaryl/α,β-unsaturated/α-hetero) is 1. The Morgan fingerprint density at radius 2 is 1.42 bits per heavy atom. The van der Waals surface area contributed by atoms with Gasteiger partial charge < -0.3 is 58.2 Å². The van der Waals surface area contributed by atoms with Crippen LogP contribution in [0.4, 0.5) is 4.39 Å². The van der Waals surface area contributed by atoms with Crippen LogP contribution < -0.4 is 19.5 Å². The summed E-state index contributed by atoms with van der Waals surface area (Å²) in [6, 6.07) is 11.3. The number of halogens is 1. The predicted molar refractivity (Wildman–Crippen MR) is 310 cm³/mol. The standard InChI is InChI=1S/C63H83FN6O15/c1-40-56(74)65-54(42-21-14-12-15-22-42)59(77)68(9)48(37-84-62(2,3)4)58(76)69-32-20-24-46(69)57(75)66(7)30-18-13-16-25-53(72)83-39-63(5,6)55(73)60(78)70-31-19-17-23-47(70)61(79)85-49(28-26-41-27-29-50(80-10)51(33-41)81-11)43-34-44(64)36-45(35-43)82-38-52(71)67(40)8/h12,14-16,21-22,25,27,29,33-36,40,46-49,54H,13,17-20,23-24,26,28,30-32,37-39H2,1-11H3,(H,65,74)/t40-,46-,47-,48-,49+,54-/m0/s1. The second kappa shape index (κ2) is 29.8. The van der Waals surface area contributed by atoms with Crippen LogP contribution in [0, 0.1) is 11.2 Å². The van der Waals surface area contributed by atoms with Gasteiger partial charge in [-0.2, -0.15) is 0 Å². The van der Waals surface area contributed by atoms with E-state index in [9.17, 15) is 43.2 Å². The second-order valence-corrected chi connectivity index (χ2v) is 23.4. The number of methoxy groups -OCH3 is 2. The van der Waals surface area contributed by atoms with Gasteiger partial charge in [0, 0.05) is 52.9 Å². The number of esters is 2. The lowest BCUT2D eigenvalue weighted by molar-refractivity contribution is -0.165. The van der Waals surface area contributed by atoms with Crippen LogP contribution in [0.25, 0.3) is 0 Å². The molecule has 3 aromatic rings. The Bertz CT molecular complexity index is 2930. The number of allylic oxidation sites excluding steroid dienone is 1. The summed E-state index contributed by atoms with van der Waals surface area (Å²) in [6.45, 7) is 8.90. The number of likely N-dealkylation sites (N-methyl/N-ethyl adjacent to an activating group) is 3. The Labute approximate surface area is 497 Å². The number of rotatable bonds is 8. The molecule has 3 aliphatic rings. The van der Waals surface area contributed by atoms with Crippen molar-refractivity contribution in [2.24, 2.45) is 5.41 Å². The number of aryl methyl sites for hydroxylation is 1. The molecule has 462 valence electrons. The number of amides is 6. The van der Waals surface area contributed by atoms with Crippen LogP contribution in [0.2, 0.25) is 0 Å². The molecule has 0 spiro atoms. The molecule has 85 heavy (non-hydrogen) atoms. The average molecular weight is 1180 g/mol.